The van der Waals surface area contributed by atoms with Crippen LogP contribution in [0, 0.1) is 23.2 Å². The topological polar surface area (TPSA) is 0 Å². The van der Waals surface area contributed by atoms with Crippen LogP contribution in [0.15, 0.2) is 0 Å². The summed E-state index contributed by atoms with van der Waals surface area (Å²) in [4.78, 5) is 0. The first-order valence-corrected chi connectivity index (χ1v) is 3.34. The van der Waals surface area contributed by atoms with Gasteiger partial charge in [0.05, 0.1) is 0 Å². The monoisotopic (exact) mass is 94.1 g/mol. The summed E-state index contributed by atoms with van der Waals surface area (Å²) < 4.78 is 0. The fourth-order valence-electron chi connectivity index (χ4n) is 3.04. The molecule has 0 heterocycles. The predicted octanol–water partition coefficient (Wildman–Crippen LogP) is 1.66. The lowest BCUT2D eigenvalue weighted by Gasteiger charge is -2.03. The molecular weight excluding hydrogens is 84.1 g/mol. The molecular formula is C7H10. The van der Waals surface area contributed by atoms with Gasteiger partial charge < -0.3 is 0 Å². The molecule has 0 aliphatic heterocycles. The lowest BCUT2D eigenvalue weighted by molar-refractivity contribution is 0.449. The molecule has 0 spiro atoms. The van der Waals surface area contributed by atoms with Crippen molar-refractivity contribution >= 4 is 0 Å². The van der Waals surface area contributed by atoms with Gasteiger partial charge in [-0.3, -0.25) is 0 Å². The summed E-state index contributed by atoms with van der Waals surface area (Å²) in [7, 11) is 0. The number of rotatable bonds is 0. The quantitative estimate of drug-likeness (QED) is 0.428. The van der Waals surface area contributed by atoms with Gasteiger partial charge in [0.1, 0.15) is 0 Å². The molecule has 2 bridgehead atoms. The van der Waals surface area contributed by atoms with E-state index in [1.54, 1.807) is 12.8 Å². The van der Waals surface area contributed by atoms with Crippen LogP contribution < -0.4 is 0 Å². The van der Waals surface area contributed by atoms with Crippen molar-refractivity contribution in [3.8, 4) is 0 Å². The summed E-state index contributed by atoms with van der Waals surface area (Å²) in [6.07, 6.45) is 3.14. The van der Waals surface area contributed by atoms with Crippen molar-refractivity contribution < 1.29 is 0 Å². The molecule has 4 rings (SSSR count). The third-order valence-corrected chi connectivity index (χ3v) is 3.60. The van der Waals surface area contributed by atoms with Gasteiger partial charge in [0.15, 0.2) is 0 Å². The van der Waals surface area contributed by atoms with Crippen LogP contribution in [0.2, 0.25) is 0 Å². The third kappa shape index (κ3) is 0.142. The van der Waals surface area contributed by atoms with Gasteiger partial charge in [-0.2, -0.15) is 0 Å². The Bertz CT molecular complexity index is 127. The Morgan fingerprint density at radius 2 is 2.14 bits per heavy atom. The van der Waals surface area contributed by atoms with Crippen molar-refractivity contribution in [2.45, 2.75) is 19.8 Å². The molecule has 4 fully saturated rings. The Kier molecular flexibility index (Phi) is 0.231. The van der Waals surface area contributed by atoms with E-state index in [2.05, 4.69) is 6.92 Å². The van der Waals surface area contributed by atoms with Crippen LogP contribution in [0.5, 0.6) is 0 Å². The summed E-state index contributed by atoms with van der Waals surface area (Å²) in [6, 6.07) is 0. The Labute approximate surface area is 43.9 Å². The van der Waals surface area contributed by atoms with Crippen LogP contribution in [-0.2, 0) is 0 Å². The van der Waals surface area contributed by atoms with E-state index >= 15 is 0 Å². The summed E-state index contributed by atoms with van der Waals surface area (Å²) in [5, 5.41) is 0. The molecule has 4 saturated carbocycles. The highest BCUT2D eigenvalue weighted by molar-refractivity contribution is 5.31. The third-order valence-electron chi connectivity index (χ3n) is 3.60. The molecule has 2 atom stereocenters. The minimum absolute atomic E-state index is 0.921. The van der Waals surface area contributed by atoms with Gasteiger partial charge in [-0.25, -0.2) is 0 Å². The maximum absolute atomic E-state index is 2.46. The minimum atomic E-state index is 0.921. The van der Waals surface area contributed by atoms with Crippen molar-refractivity contribution in [2.75, 3.05) is 0 Å². The fraction of sp³-hybridized carbons (Fsp3) is 1.00. The van der Waals surface area contributed by atoms with Gasteiger partial charge in [-0.05, 0) is 36.0 Å². The van der Waals surface area contributed by atoms with Gasteiger partial charge >= 0.3 is 0 Å². The Balaban J connectivity index is 2.16. The molecule has 0 saturated heterocycles. The van der Waals surface area contributed by atoms with Crippen LogP contribution in [0.3, 0.4) is 0 Å². The Morgan fingerprint density at radius 1 is 1.43 bits per heavy atom. The second-order valence-corrected chi connectivity index (χ2v) is 3.76. The molecule has 0 aromatic heterocycles. The number of fused-ring (bicyclic) bond motifs is 1. The normalized spacial score (nSPS) is 81.0. The second-order valence-electron chi connectivity index (χ2n) is 3.76. The summed E-state index contributed by atoms with van der Waals surface area (Å²) in [6.45, 7) is 2.46. The number of hydrogen-bond donors (Lipinski definition) is 0. The second kappa shape index (κ2) is 0.519. The standard InChI is InChI=1S/C7H10/c1-7-3-2-4-5(7)6(4)7/h4-6H,2-3H2,1H3. The summed E-state index contributed by atoms with van der Waals surface area (Å²) in [5.74, 6) is 3.73. The molecule has 4 aliphatic rings. The first-order valence-electron chi connectivity index (χ1n) is 3.34. The largest absolute Gasteiger partial charge is 0.0591 e. The number of hydrogen-bond acceptors (Lipinski definition) is 0. The summed E-state index contributed by atoms with van der Waals surface area (Å²) >= 11 is 0. The van der Waals surface area contributed by atoms with Crippen molar-refractivity contribution in [2.24, 2.45) is 23.2 Å². The van der Waals surface area contributed by atoms with Crippen LogP contribution >= 0.6 is 0 Å². The van der Waals surface area contributed by atoms with E-state index in [-0.39, 0.29) is 0 Å². The van der Waals surface area contributed by atoms with E-state index in [4.69, 9.17) is 0 Å². The lowest BCUT2D eigenvalue weighted by atomic mass is 10.0. The smallest absolute Gasteiger partial charge is 0.0258 e. The van der Waals surface area contributed by atoms with Crippen molar-refractivity contribution in [1.82, 2.24) is 0 Å². The molecule has 0 radical (unpaired) electrons. The highest BCUT2D eigenvalue weighted by Crippen LogP contribution is 2.89. The van der Waals surface area contributed by atoms with Gasteiger partial charge in [0.25, 0.3) is 0 Å². The fourth-order valence-corrected chi connectivity index (χ4v) is 3.04. The first kappa shape index (κ1) is 3.11. The van der Waals surface area contributed by atoms with E-state index in [9.17, 15) is 0 Å². The zero-order valence-electron chi connectivity index (χ0n) is 4.65. The highest BCUT2D eigenvalue weighted by atomic mass is 14.9. The zero-order valence-corrected chi connectivity index (χ0v) is 4.65. The Morgan fingerprint density at radius 3 is 2.29 bits per heavy atom. The van der Waals surface area contributed by atoms with Gasteiger partial charge in [0, 0.05) is 0 Å². The van der Waals surface area contributed by atoms with Crippen molar-refractivity contribution in [3.63, 3.8) is 0 Å². The molecule has 0 aromatic carbocycles. The van der Waals surface area contributed by atoms with Crippen LogP contribution in [0.1, 0.15) is 19.8 Å². The van der Waals surface area contributed by atoms with E-state index in [0.29, 0.717) is 0 Å². The highest BCUT2D eigenvalue weighted by Gasteiger charge is 2.84. The maximum Gasteiger partial charge on any atom is -0.0258 e. The van der Waals surface area contributed by atoms with E-state index in [0.717, 1.165) is 5.41 Å². The maximum atomic E-state index is 2.46. The molecule has 7 heavy (non-hydrogen) atoms. The van der Waals surface area contributed by atoms with Crippen LogP contribution in [0.25, 0.3) is 0 Å². The molecule has 4 aliphatic carbocycles. The average Bonchev–Trinajstić information content (AvgIpc) is 2.42. The molecule has 0 nitrogen and oxygen atoms in total. The minimum Gasteiger partial charge on any atom is -0.0591 e. The van der Waals surface area contributed by atoms with E-state index in [1.807, 2.05) is 0 Å². The lowest BCUT2D eigenvalue weighted by Crippen LogP contribution is -1.97. The summed E-state index contributed by atoms with van der Waals surface area (Å²) in [5.41, 5.74) is 0.921. The van der Waals surface area contributed by atoms with E-state index < -0.39 is 0 Å². The first-order chi connectivity index (χ1) is 3.34. The Hall–Kier alpha value is 0. The SMILES string of the molecule is CC12CCC3C1C32. The average molecular weight is 94.2 g/mol. The molecule has 2 unspecified atom stereocenters. The van der Waals surface area contributed by atoms with Gasteiger partial charge in [-0.1, -0.05) is 6.92 Å². The predicted molar refractivity (Wildman–Crippen MR) is 27.8 cm³/mol. The molecule has 0 heteroatoms. The zero-order chi connectivity index (χ0) is 4.65. The van der Waals surface area contributed by atoms with Crippen LogP contribution in [-0.4, -0.2) is 0 Å². The van der Waals surface area contributed by atoms with E-state index in [1.165, 1.54) is 17.8 Å². The van der Waals surface area contributed by atoms with Crippen LogP contribution in [0.4, 0.5) is 0 Å². The van der Waals surface area contributed by atoms with Gasteiger partial charge in [0.2, 0.25) is 0 Å². The molecule has 38 valence electrons. The van der Waals surface area contributed by atoms with Crippen molar-refractivity contribution in [3.05, 3.63) is 0 Å². The molecule has 0 aromatic rings. The molecule has 0 N–H and O–H groups in total. The van der Waals surface area contributed by atoms with Gasteiger partial charge in [-0.15, -0.1) is 0 Å². The molecule has 0 amide bonds. The van der Waals surface area contributed by atoms with Crippen molar-refractivity contribution in [1.29, 1.82) is 0 Å².